The van der Waals surface area contributed by atoms with E-state index in [-0.39, 0.29) is 11.8 Å². The smallest absolute Gasteiger partial charge is 0.255 e. The monoisotopic (exact) mass is 391 g/mol. The molecule has 0 aliphatic carbocycles. The number of carbonyl (C=O) groups excluding carboxylic acids is 2. The van der Waals surface area contributed by atoms with E-state index in [4.69, 9.17) is 0 Å². The van der Waals surface area contributed by atoms with Gasteiger partial charge in [-0.2, -0.15) is 0 Å². The van der Waals surface area contributed by atoms with Gasteiger partial charge in [0, 0.05) is 47.4 Å². The maximum atomic E-state index is 12.6. The molecular weight excluding hydrogens is 370 g/mol. The van der Waals surface area contributed by atoms with Crippen LogP contribution < -0.4 is 5.32 Å². The lowest BCUT2D eigenvalue weighted by atomic mass is 10.1. The van der Waals surface area contributed by atoms with E-state index in [9.17, 15) is 9.59 Å². The number of amides is 2. The minimum Gasteiger partial charge on any atom is -0.338 e. The zero-order valence-corrected chi connectivity index (χ0v) is 16.5. The lowest BCUT2D eigenvalue weighted by Gasteiger charge is -2.16. The highest BCUT2D eigenvalue weighted by Crippen LogP contribution is 2.24. The average Bonchev–Trinajstić information content (AvgIpc) is 3.31. The lowest BCUT2D eigenvalue weighted by molar-refractivity contribution is -0.128. The zero-order valence-electron chi connectivity index (χ0n) is 15.6. The predicted octanol–water partition coefficient (Wildman–Crippen LogP) is 4.49. The third kappa shape index (κ3) is 4.12. The van der Waals surface area contributed by atoms with Crippen LogP contribution in [-0.4, -0.2) is 28.2 Å². The maximum absolute atomic E-state index is 12.6. The Morgan fingerprint density at radius 1 is 1.21 bits per heavy atom. The molecule has 0 radical (unpaired) electrons. The van der Waals surface area contributed by atoms with Crippen molar-refractivity contribution < 1.29 is 9.59 Å². The molecule has 0 bridgehead atoms. The number of aryl methyl sites for hydroxylation is 1. The Morgan fingerprint density at radius 2 is 2.04 bits per heavy atom. The highest BCUT2D eigenvalue weighted by molar-refractivity contribution is 7.13. The van der Waals surface area contributed by atoms with Gasteiger partial charge in [0.2, 0.25) is 5.91 Å². The third-order valence-corrected chi connectivity index (χ3v) is 5.75. The molecule has 28 heavy (non-hydrogen) atoms. The van der Waals surface area contributed by atoms with E-state index >= 15 is 0 Å². The quantitative estimate of drug-likeness (QED) is 0.697. The Bertz CT molecular complexity index is 1010. The maximum Gasteiger partial charge on any atom is 0.255 e. The zero-order chi connectivity index (χ0) is 19.5. The first-order chi connectivity index (χ1) is 13.6. The topological polar surface area (TPSA) is 62.3 Å². The summed E-state index contributed by atoms with van der Waals surface area (Å²) in [5.41, 5.74) is 4.35. The second-order valence-corrected chi connectivity index (χ2v) is 7.80. The van der Waals surface area contributed by atoms with Crippen molar-refractivity contribution in [3.05, 3.63) is 70.7 Å². The molecule has 4 rings (SSSR count). The molecule has 2 heterocycles. The molecule has 2 amide bonds. The lowest BCUT2D eigenvalue weighted by Crippen LogP contribution is -2.23. The fourth-order valence-electron chi connectivity index (χ4n) is 3.29. The van der Waals surface area contributed by atoms with Crippen molar-refractivity contribution >= 4 is 28.8 Å². The van der Waals surface area contributed by atoms with Gasteiger partial charge in [0.25, 0.3) is 5.91 Å². The Morgan fingerprint density at radius 3 is 2.71 bits per heavy atom. The van der Waals surface area contributed by atoms with E-state index in [0.717, 1.165) is 40.5 Å². The fourth-order valence-corrected chi connectivity index (χ4v) is 4.10. The number of carbonyl (C=O) groups is 2. The Hall–Kier alpha value is -2.99. The van der Waals surface area contributed by atoms with Crippen LogP contribution in [0.4, 0.5) is 5.69 Å². The van der Waals surface area contributed by atoms with Crippen molar-refractivity contribution in [2.75, 3.05) is 11.9 Å². The van der Waals surface area contributed by atoms with Crippen molar-refractivity contribution in [1.82, 2.24) is 9.88 Å². The van der Waals surface area contributed by atoms with Crippen LogP contribution in [-0.2, 0) is 11.3 Å². The van der Waals surface area contributed by atoms with Crippen molar-refractivity contribution in [2.24, 2.45) is 0 Å². The van der Waals surface area contributed by atoms with Crippen molar-refractivity contribution in [3.63, 3.8) is 0 Å². The van der Waals surface area contributed by atoms with Gasteiger partial charge in [0.15, 0.2) is 0 Å². The number of thiazole rings is 1. The fraction of sp³-hybridized carbons (Fsp3) is 0.227. The molecule has 0 spiro atoms. The molecule has 1 aromatic heterocycles. The summed E-state index contributed by atoms with van der Waals surface area (Å²) in [4.78, 5) is 30.7. The molecule has 3 aromatic rings. The number of nitrogens with one attached hydrogen (secondary N) is 1. The summed E-state index contributed by atoms with van der Waals surface area (Å²) in [6, 6.07) is 15.1. The van der Waals surface area contributed by atoms with Crippen LogP contribution in [0.15, 0.2) is 53.9 Å². The van der Waals surface area contributed by atoms with Crippen LogP contribution in [0.5, 0.6) is 0 Å². The number of hydrogen-bond donors (Lipinski definition) is 1. The van der Waals surface area contributed by atoms with Gasteiger partial charge < -0.3 is 10.2 Å². The molecule has 1 aliphatic rings. The normalized spacial score (nSPS) is 13.8. The number of aromatic nitrogens is 1. The van der Waals surface area contributed by atoms with Crippen LogP contribution in [0, 0.1) is 6.92 Å². The number of anilines is 1. The standard InChI is InChI=1S/C22H21N3O2S/c1-15-14-28-22(23-15)18-9-7-17(8-10-18)21(27)24-19-5-2-4-16(12-19)13-25-11-3-6-20(25)26/h2,4-5,7-10,12,14H,3,6,11,13H2,1H3,(H,24,27). The molecule has 142 valence electrons. The van der Waals surface area contributed by atoms with Crippen LogP contribution in [0.3, 0.4) is 0 Å². The molecule has 5 nitrogen and oxygen atoms in total. The Balaban J connectivity index is 1.43. The van der Waals surface area contributed by atoms with Gasteiger partial charge in [-0.05, 0) is 43.2 Å². The Kier molecular flexibility index (Phi) is 5.21. The van der Waals surface area contributed by atoms with Crippen LogP contribution in [0.25, 0.3) is 10.6 Å². The molecule has 6 heteroatoms. The van der Waals surface area contributed by atoms with Crippen molar-refractivity contribution in [2.45, 2.75) is 26.3 Å². The molecule has 1 N–H and O–H groups in total. The van der Waals surface area contributed by atoms with Gasteiger partial charge in [0.05, 0.1) is 0 Å². The highest BCUT2D eigenvalue weighted by atomic mass is 32.1. The minimum absolute atomic E-state index is 0.156. The summed E-state index contributed by atoms with van der Waals surface area (Å²) in [5.74, 6) is 0.0428. The number of nitrogens with zero attached hydrogens (tertiary/aromatic N) is 2. The number of likely N-dealkylation sites (tertiary alicyclic amines) is 1. The summed E-state index contributed by atoms with van der Waals surface area (Å²) in [7, 11) is 0. The summed E-state index contributed by atoms with van der Waals surface area (Å²) < 4.78 is 0. The molecule has 0 saturated carbocycles. The van der Waals surface area contributed by atoms with Crippen LogP contribution in [0.1, 0.15) is 34.5 Å². The number of rotatable bonds is 5. The van der Waals surface area contributed by atoms with Gasteiger partial charge in [-0.25, -0.2) is 4.98 Å². The first-order valence-electron chi connectivity index (χ1n) is 9.29. The number of benzene rings is 2. The van der Waals surface area contributed by atoms with Crippen LogP contribution in [0.2, 0.25) is 0 Å². The van der Waals surface area contributed by atoms with E-state index < -0.39 is 0 Å². The van der Waals surface area contributed by atoms with E-state index in [1.54, 1.807) is 11.3 Å². The summed E-state index contributed by atoms with van der Waals surface area (Å²) >= 11 is 1.59. The summed E-state index contributed by atoms with van der Waals surface area (Å²) in [5, 5.41) is 5.91. The second-order valence-electron chi connectivity index (χ2n) is 6.94. The van der Waals surface area contributed by atoms with E-state index in [1.807, 2.05) is 65.7 Å². The van der Waals surface area contributed by atoms with E-state index in [2.05, 4.69) is 10.3 Å². The molecular formula is C22H21N3O2S. The molecule has 1 fully saturated rings. The molecule has 0 unspecified atom stereocenters. The van der Waals surface area contributed by atoms with Gasteiger partial charge in [-0.3, -0.25) is 9.59 Å². The summed E-state index contributed by atoms with van der Waals surface area (Å²) in [6.07, 6.45) is 1.55. The highest BCUT2D eigenvalue weighted by Gasteiger charge is 2.20. The van der Waals surface area contributed by atoms with Gasteiger partial charge in [-0.1, -0.05) is 24.3 Å². The van der Waals surface area contributed by atoms with Gasteiger partial charge >= 0.3 is 0 Å². The molecule has 1 saturated heterocycles. The average molecular weight is 391 g/mol. The predicted molar refractivity (Wildman–Crippen MR) is 111 cm³/mol. The van der Waals surface area contributed by atoms with Crippen molar-refractivity contribution in [1.29, 1.82) is 0 Å². The van der Waals surface area contributed by atoms with Crippen LogP contribution >= 0.6 is 11.3 Å². The summed E-state index contributed by atoms with van der Waals surface area (Å²) in [6.45, 7) is 3.36. The number of hydrogen-bond acceptors (Lipinski definition) is 4. The van der Waals surface area contributed by atoms with E-state index in [1.165, 1.54) is 0 Å². The van der Waals surface area contributed by atoms with E-state index in [0.29, 0.717) is 18.5 Å². The van der Waals surface area contributed by atoms with Gasteiger partial charge in [-0.15, -0.1) is 11.3 Å². The third-order valence-electron chi connectivity index (χ3n) is 4.74. The first-order valence-corrected chi connectivity index (χ1v) is 10.2. The molecule has 1 aliphatic heterocycles. The largest absolute Gasteiger partial charge is 0.338 e. The molecule has 2 aromatic carbocycles. The Labute approximate surface area is 168 Å². The van der Waals surface area contributed by atoms with Crippen molar-refractivity contribution in [3.8, 4) is 10.6 Å². The first kappa shape index (κ1) is 18.4. The SMILES string of the molecule is Cc1csc(-c2ccc(C(=O)Nc3cccc(CN4CCCC4=O)c3)cc2)n1. The van der Waals surface area contributed by atoms with Gasteiger partial charge in [0.1, 0.15) is 5.01 Å². The molecule has 0 atom stereocenters. The minimum atomic E-state index is -0.156. The second kappa shape index (κ2) is 7.94.